The van der Waals surface area contributed by atoms with Gasteiger partial charge in [0.1, 0.15) is 5.82 Å². The lowest BCUT2D eigenvalue weighted by Crippen LogP contribution is -2.38. The minimum absolute atomic E-state index is 0.350. The number of aliphatic carboxylic acids is 1. The Bertz CT molecular complexity index is 439. The minimum atomic E-state index is -0.842. The van der Waals surface area contributed by atoms with Gasteiger partial charge in [-0.3, -0.25) is 4.79 Å². The average molecular weight is 301 g/mol. The van der Waals surface area contributed by atoms with Gasteiger partial charge < -0.3 is 5.11 Å². The molecule has 0 aliphatic heterocycles. The molecule has 1 aliphatic carbocycles. The van der Waals surface area contributed by atoms with Crippen LogP contribution in [0.25, 0.3) is 0 Å². The van der Waals surface area contributed by atoms with Gasteiger partial charge in [-0.2, -0.15) is 0 Å². The second-order valence-corrected chi connectivity index (χ2v) is 5.43. The summed E-state index contributed by atoms with van der Waals surface area (Å²) in [7, 11) is 0. The van der Waals surface area contributed by atoms with Crippen molar-refractivity contribution in [2.24, 2.45) is 0 Å². The van der Waals surface area contributed by atoms with Gasteiger partial charge in [-0.05, 0) is 30.5 Å². The molecule has 17 heavy (non-hydrogen) atoms. The van der Waals surface area contributed by atoms with Crippen molar-refractivity contribution >= 4 is 21.9 Å². The van der Waals surface area contributed by atoms with Gasteiger partial charge in [0.2, 0.25) is 0 Å². The second kappa shape index (κ2) is 4.77. The van der Waals surface area contributed by atoms with E-state index in [0.29, 0.717) is 22.9 Å². The Kier molecular flexibility index (Phi) is 3.52. The first kappa shape index (κ1) is 12.6. The summed E-state index contributed by atoms with van der Waals surface area (Å²) in [4.78, 5) is 11.6. The third-order valence-corrected chi connectivity index (χ3v) is 4.22. The van der Waals surface area contributed by atoms with Gasteiger partial charge in [0, 0.05) is 4.47 Å². The van der Waals surface area contributed by atoms with E-state index in [9.17, 15) is 14.3 Å². The van der Waals surface area contributed by atoms with Gasteiger partial charge in [-0.15, -0.1) is 0 Å². The van der Waals surface area contributed by atoms with Crippen LogP contribution in [0, 0.1) is 5.82 Å². The van der Waals surface area contributed by atoms with Crippen molar-refractivity contribution in [3.05, 3.63) is 34.1 Å². The number of carbonyl (C=O) groups is 1. The maximum atomic E-state index is 13.1. The van der Waals surface area contributed by atoms with E-state index in [-0.39, 0.29) is 5.82 Å². The predicted molar refractivity (Wildman–Crippen MR) is 66.5 cm³/mol. The van der Waals surface area contributed by atoms with E-state index in [1.165, 1.54) is 12.1 Å². The summed E-state index contributed by atoms with van der Waals surface area (Å²) in [5, 5.41) is 9.52. The minimum Gasteiger partial charge on any atom is -0.481 e. The Balaban J connectivity index is 2.49. The van der Waals surface area contributed by atoms with Crippen molar-refractivity contribution in [2.45, 2.75) is 37.5 Å². The molecule has 0 amide bonds. The van der Waals surface area contributed by atoms with E-state index in [1.54, 1.807) is 6.07 Å². The van der Waals surface area contributed by atoms with Crippen LogP contribution in [0.3, 0.4) is 0 Å². The molecule has 0 unspecified atom stereocenters. The van der Waals surface area contributed by atoms with E-state index in [2.05, 4.69) is 15.9 Å². The van der Waals surface area contributed by atoms with E-state index in [4.69, 9.17) is 0 Å². The second-order valence-electron chi connectivity index (χ2n) is 4.57. The number of hydrogen-bond donors (Lipinski definition) is 1. The molecule has 1 saturated carbocycles. The zero-order valence-corrected chi connectivity index (χ0v) is 11.0. The number of rotatable bonds is 2. The van der Waals surface area contributed by atoms with Crippen molar-refractivity contribution in [1.29, 1.82) is 0 Å². The van der Waals surface area contributed by atoms with Crippen LogP contribution in [0.1, 0.15) is 37.7 Å². The van der Waals surface area contributed by atoms with Crippen LogP contribution in [-0.4, -0.2) is 11.1 Å². The van der Waals surface area contributed by atoms with Crippen LogP contribution in [0.5, 0.6) is 0 Å². The Morgan fingerprint density at radius 3 is 2.47 bits per heavy atom. The van der Waals surface area contributed by atoms with Crippen molar-refractivity contribution in [3.63, 3.8) is 0 Å². The molecule has 1 fully saturated rings. The first-order valence-corrected chi connectivity index (χ1v) is 6.54. The zero-order chi connectivity index (χ0) is 12.5. The monoisotopic (exact) mass is 300 g/mol. The maximum Gasteiger partial charge on any atom is 0.314 e. The molecule has 1 N–H and O–H groups in total. The SMILES string of the molecule is O=C(O)C1(c2ccc(F)cc2Br)CCCCC1. The van der Waals surface area contributed by atoms with Crippen LogP contribution in [-0.2, 0) is 10.2 Å². The van der Waals surface area contributed by atoms with Gasteiger partial charge in [-0.25, -0.2) is 4.39 Å². The lowest BCUT2D eigenvalue weighted by Gasteiger charge is -2.34. The molecule has 1 aliphatic rings. The van der Waals surface area contributed by atoms with Crippen molar-refractivity contribution in [2.75, 3.05) is 0 Å². The third kappa shape index (κ3) is 2.23. The molecule has 0 atom stereocenters. The highest BCUT2D eigenvalue weighted by Gasteiger charge is 2.42. The third-order valence-electron chi connectivity index (χ3n) is 3.56. The Hall–Kier alpha value is -0.900. The Labute approximate surface area is 108 Å². The topological polar surface area (TPSA) is 37.3 Å². The molecule has 0 spiro atoms. The fourth-order valence-electron chi connectivity index (χ4n) is 2.63. The lowest BCUT2D eigenvalue weighted by atomic mass is 9.69. The highest BCUT2D eigenvalue weighted by molar-refractivity contribution is 9.10. The predicted octanol–water partition coefficient (Wildman–Crippen LogP) is 3.87. The number of carboxylic acids is 1. The molecular formula is C13H14BrFO2. The van der Waals surface area contributed by atoms with Gasteiger partial charge in [0.05, 0.1) is 5.41 Å². The Morgan fingerprint density at radius 1 is 1.29 bits per heavy atom. The molecule has 0 aromatic heterocycles. The Morgan fingerprint density at radius 2 is 1.94 bits per heavy atom. The van der Waals surface area contributed by atoms with E-state index < -0.39 is 11.4 Å². The first-order chi connectivity index (χ1) is 8.06. The van der Waals surface area contributed by atoms with Crippen molar-refractivity contribution < 1.29 is 14.3 Å². The lowest BCUT2D eigenvalue weighted by molar-refractivity contribution is -0.145. The first-order valence-electron chi connectivity index (χ1n) is 5.75. The summed E-state index contributed by atoms with van der Waals surface area (Å²) >= 11 is 3.28. The number of carboxylic acid groups (broad SMARTS) is 1. The summed E-state index contributed by atoms with van der Waals surface area (Å²) in [6.45, 7) is 0. The van der Waals surface area contributed by atoms with Gasteiger partial charge >= 0.3 is 5.97 Å². The highest BCUT2D eigenvalue weighted by atomic mass is 79.9. The van der Waals surface area contributed by atoms with E-state index >= 15 is 0 Å². The van der Waals surface area contributed by atoms with Gasteiger partial charge in [-0.1, -0.05) is 41.3 Å². The molecule has 1 aromatic carbocycles. The number of halogens is 2. The normalized spacial score (nSPS) is 18.9. The van der Waals surface area contributed by atoms with Crippen LogP contribution >= 0.6 is 15.9 Å². The molecule has 0 heterocycles. The zero-order valence-electron chi connectivity index (χ0n) is 9.38. The summed E-state index contributed by atoms with van der Waals surface area (Å²) in [6, 6.07) is 4.27. The summed E-state index contributed by atoms with van der Waals surface area (Å²) in [6.07, 6.45) is 4.17. The fraction of sp³-hybridized carbons (Fsp3) is 0.462. The summed E-state index contributed by atoms with van der Waals surface area (Å²) in [5.41, 5.74) is -0.142. The molecule has 0 bridgehead atoms. The number of benzene rings is 1. The summed E-state index contributed by atoms with van der Waals surface area (Å²) in [5.74, 6) is -1.15. The molecular weight excluding hydrogens is 287 g/mol. The molecule has 2 nitrogen and oxygen atoms in total. The van der Waals surface area contributed by atoms with Crippen LogP contribution in [0.2, 0.25) is 0 Å². The molecule has 0 radical (unpaired) electrons. The molecule has 92 valence electrons. The maximum absolute atomic E-state index is 13.1. The van der Waals surface area contributed by atoms with Gasteiger partial charge in [0.15, 0.2) is 0 Å². The van der Waals surface area contributed by atoms with Crippen LogP contribution in [0.15, 0.2) is 22.7 Å². The quantitative estimate of drug-likeness (QED) is 0.900. The van der Waals surface area contributed by atoms with Crippen molar-refractivity contribution in [1.82, 2.24) is 0 Å². The van der Waals surface area contributed by atoms with Crippen LogP contribution < -0.4 is 0 Å². The standard InChI is InChI=1S/C13H14BrFO2/c14-11-8-9(15)4-5-10(11)13(12(16)17)6-2-1-3-7-13/h4-5,8H,1-3,6-7H2,(H,16,17). The highest BCUT2D eigenvalue weighted by Crippen LogP contribution is 2.42. The van der Waals surface area contributed by atoms with Crippen molar-refractivity contribution in [3.8, 4) is 0 Å². The molecule has 0 saturated heterocycles. The fourth-order valence-corrected chi connectivity index (χ4v) is 3.36. The smallest absolute Gasteiger partial charge is 0.314 e. The van der Waals surface area contributed by atoms with E-state index in [0.717, 1.165) is 19.3 Å². The van der Waals surface area contributed by atoms with Crippen LogP contribution in [0.4, 0.5) is 4.39 Å². The molecule has 1 aromatic rings. The largest absolute Gasteiger partial charge is 0.481 e. The van der Waals surface area contributed by atoms with E-state index in [1.807, 2.05) is 0 Å². The number of hydrogen-bond acceptors (Lipinski definition) is 1. The average Bonchev–Trinajstić information content (AvgIpc) is 2.29. The molecule has 4 heteroatoms. The molecule has 2 rings (SSSR count). The summed E-state index contributed by atoms with van der Waals surface area (Å²) < 4.78 is 13.6. The van der Waals surface area contributed by atoms with Gasteiger partial charge in [0.25, 0.3) is 0 Å².